The van der Waals surface area contributed by atoms with Gasteiger partial charge in [-0.15, -0.1) is 0 Å². The summed E-state index contributed by atoms with van der Waals surface area (Å²) in [6.45, 7) is 0.250. The quantitative estimate of drug-likeness (QED) is 0.899. The van der Waals surface area contributed by atoms with E-state index in [1.54, 1.807) is 30.5 Å². The van der Waals surface area contributed by atoms with Gasteiger partial charge in [-0.25, -0.2) is 4.68 Å². The largest absolute Gasteiger partial charge is 0.388 e. The average molecular weight is 340 g/mol. The minimum atomic E-state index is -0.752. The molecule has 22 heavy (non-hydrogen) atoms. The van der Waals surface area contributed by atoms with Gasteiger partial charge in [0, 0.05) is 17.8 Å². The van der Waals surface area contributed by atoms with Gasteiger partial charge in [0.2, 0.25) is 0 Å². The van der Waals surface area contributed by atoms with Crippen molar-refractivity contribution < 1.29 is 9.90 Å². The number of carbonyl (C=O) groups is 1. The first-order valence-corrected chi connectivity index (χ1v) is 7.74. The highest BCUT2D eigenvalue weighted by atomic mass is 35.5. The van der Waals surface area contributed by atoms with E-state index in [2.05, 4.69) is 10.4 Å². The van der Waals surface area contributed by atoms with Gasteiger partial charge >= 0.3 is 0 Å². The number of carbonyl (C=O) groups excluding carboxylic acids is 1. The SMILES string of the molecule is O=C(NCC1(O)CCC1)c1ccn(-c2ccc(Cl)cc2Cl)n1. The van der Waals surface area contributed by atoms with Gasteiger partial charge in [-0.1, -0.05) is 23.2 Å². The van der Waals surface area contributed by atoms with Crippen molar-refractivity contribution in [3.63, 3.8) is 0 Å². The zero-order valence-electron chi connectivity index (χ0n) is 11.7. The number of nitrogens with zero attached hydrogens (tertiary/aromatic N) is 2. The third-order valence-electron chi connectivity index (χ3n) is 3.84. The fourth-order valence-corrected chi connectivity index (χ4v) is 2.84. The second-order valence-corrected chi connectivity index (χ2v) is 6.35. The van der Waals surface area contributed by atoms with E-state index in [-0.39, 0.29) is 18.1 Å². The minimum Gasteiger partial charge on any atom is -0.388 e. The second-order valence-electron chi connectivity index (χ2n) is 5.50. The monoisotopic (exact) mass is 339 g/mol. The van der Waals surface area contributed by atoms with Crippen LogP contribution in [-0.4, -0.2) is 32.9 Å². The standard InChI is InChI=1S/C15H15Cl2N3O2/c16-10-2-3-13(11(17)8-10)20-7-4-12(19-20)14(21)18-9-15(22)5-1-6-15/h2-4,7-8,22H,1,5-6,9H2,(H,18,21). The number of hydrogen-bond acceptors (Lipinski definition) is 3. The van der Waals surface area contributed by atoms with E-state index < -0.39 is 5.60 Å². The molecule has 0 radical (unpaired) electrons. The van der Waals surface area contributed by atoms with Gasteiger partial charge < -0.3 is 10.4 Å². The predicted molar refractivity (Wildman–Crippen MR) is 84.7 cm³/mol. The number of hydrogen-bond donors (Lipinski definition) is 2. The fourth-order valence-electron chi connectivity index (χ4n) is 2.34. The third-order valence-corrected chi connectivity index (χ3v) is 4.38. The summed E-state index contributed by atoms with van der Waals surface area (Å²) in [5.74, 6) is -0.316. The van der Waals surface area contributed by atoms with Crippen LogP contribution in [0.3, 0.4) is 0 Å². The number of nitrogens with one attached hydrogen (secondary N) is 1. The molecule has 0 bridgehead atoms. The van der Waals surface area contributed by atoms with Crippen LogP contribution >= 0.6 is 23.2 Å². The molecule has 1 aromatic carbocycles. The number of benzene rings is 1. The fraction of sp³-hybridized carbons (Fsp3) is 0.333. The van der Waals surface area contributed by atoms with Gasteiger partial charge in [-0.2, -0.15) is 5.10 Å². The van der Waals surface area contributed by atoms with Crippen molar-refractivity contribution in [1.29, 1.82) is 0 Å². The van der Waals surface area contributed by atoms with Crippen LogP contribution in [0.4, 0.5) is 0 Å². The molecule has 7 heteroatoms. The summed E-state index contributed by atoms with van der Waals surface area (Å²) in [4.78, 5) is 12.1. The van der Waals surface area contributed by atoms with E-state index in [1.165, 1.54) is 4.68 Å². The van der Waals surface area contributed by atoms with Crippen molar-refractivity contribution in [3.05, 3.63) is 46.2 Å². The molecule has 5 nitrogen and oxygen atoms in total. The maximum Gasteiger partial charge on any atom is 0.271 e. The maximum absolute atomic E-state index is 12.1. The average Bonchev–Trinajstić information content (AvgIpc) is 2.92. The summed E-state index contributed by atoms with van der Waals surface area (Å²) < 4.78 is 1.52. The summed E-state index contributed by atoms with van der Waals surface area (Å²) in [5, 5.41) is 17.9. The highest BCUT2D eigenvalue weighted by Gasteiger charge is 2.34. The predicted octanol–water partition coefficient (Wildman–Crippen LogP) is 2.82. The molecule has 0 atom stereocenters. The van der Waals surface area contributed by atoms with Crippen molar-refractivity contribution in [2.45, 2.75) is 24.9 Å². The molecule has 1 saturated carbocycles. The lowest BCUT2D eigenvalue weighted by molar-refractivity contribution is -0.0300. The van der Waals surface area contributed by atoms with Gasteiger partial charge in [0.25, 0.3) is 5.91 Å². The first-order valence-electron chi connectivity index (χ1n) is 6.99. The Morgan fingerprint density at radius 1 is 1.36 bits per heavy atom. The molecule has 1 aromatic heterocycles. The smallest absolute Gasteiger partial charge is 0.271 e. The lowest BCUT2D eigenvalue weighted by atomic mass is 9.80. The lowest BCUT2D eigenvalue weighted by Crippen LogP contribution is -2.47. The van der Waals surface area contributed by atoms with E-state index in [0.717, 1.165) is 19.3 Å². The zero-order chi connectivity index (χ0) is 15.7. The highest BCUT2D eigenvalue weighted by molar-refractivity contribution is 6.35. The van der Waals surface area contributed by atoms with Crippen LogP contribution in [0.2, 0.25) is 10.0 Å². The molecule has 0 saturated heterocycles. The van der Waals surface area contributed by atoms with E-state index >= 15 is 0 Å². The number of aliphatic hydroxyl groups is 1. The Morgan fingerprint density at radius 3 is 2.77 bits per heavy atom. The Kier molecular flexibility index (Phi) is 4.12. The van der Waals surface area contributed by atoms with Gasteiger partial charge in [0.1, 0.15) is 0 Å². The van der Waals surface area contributed by atoms with Gasteiger partial charge in [0.15, 0.2) is 5.69 Å². The van der Waals surface area contributed by atoms with Crippen molar-refractivity contribution >= 4 is 29.1 Å². The van der Waals surface area contributed by atoms with Crippen molar-refractivity contribution in [1.82, 2.24) is 15.1 Å². The van der Waals surface area contributed by atoms with Crippen LogP contribution in [0.5, 0.6) is 0 Å². The van der Waals surface area contributed by atoms with E-state index in [1.807, 2.05) is 0 Å². The summed E-state index contributed by atoms with van der Waals surface area (Å²) >= 11 is 12.0. The lowest BCUT2D eigenvalue weighted by Gasteiger charge is -2.36. The molecule has 1 aliphatic rings. The first kappa shape index (κ1) is 15.3. The number of rotatable bonds is 4. The molecule has 1 amide bonds. The van der Waals surface area contributed by atoms with Crippen molar-refractivity contribution in [3.8, 4) is 5.69 Å². The zero-order valence-corrected chi connectivity index (χ0v) is 13.2. The minimum absolute atomic E-state index is 0.250. The molecule has 2 aromatic rings. The molecule has 3 rings (SSSR count). The summed E-state index contributed by atoms with van der Waals surface area (Å²) in [6, 6.07) is 6.66. The Hall–Kier alpha value is -1.56. The van der Waals surface area contributed by atoms with Crippen LogP contribution in [0.15, 0.2) is 30.5 Å². The molecule has 0 unspecified atom stereocenters. The molecular formula is C15H15Cl2N3O2. The molecule has 0 aliphatic heterocycles. The topological polar surface area (TPSA) is 67.2 Å². The molecule has 2 N–H and O–H groups in total. The summed E-state index contributed by atoms with van der Waals surface area (Å²) in [7, 11) is 0. The molecule has 1 aliphatic carbocycles. The number of aromatic nitrogens is 2. The molecule has 1 heterocycles. The van der Waals surface area contributed by atoms with E-state index in [4.69, 9.17) is 23.2 Å². The van der Waals surface area contributed by atoms with Crippen LogP contribution in [-0.2, 0) is 0 Å². The molecule has 0 spiro atoms. The first-order chi connectivity index (χ1) is 10.5. The van der Waals surface area contributed by atoms with Crippen molar-refractivity contribution in [2.75, 3.05) is 6.54 Å². The Balaban J connectivity index is 1.71. The Bertz CT molecular complexity index is 711. The highest BCUT2D eigenvalue weighted by Crippen LogP contribution is 2.30. The normalized spacial score (nSPS) is 16.1. The second kappa shape index (κ2) is 5.91. The van der Waals surface area contributed by atoms with Crippen LogP contribution in [0.1, 0.15) is 29.8 Å². The van der Waals surface area contributed by atoms with Crippen LogP contribution in [0, 0.1) is 0 Å². The maximum atomic E-state index is 12.1. The van der Waals surface area contributed by atoms with Gasteiger partial charge in [0.05, 0.1) is 16.3 Å². The Morgan fingerprint density at radius 2 is 2.14 bits per heavy atom. The summed E-state index contributed by atoms with van der Waals surface area (Å²) in [5.41, 5.74) is 0.161. The molecule has 1 fully saturated rings. The number of halogens is 2. The van der Waals surface area contributed by atoms with E-state index in [0.29, 0.717) is 15.7 Å². The third kappa shape index (κ3) is 3.11. The molecular weight excluding hydrogens is 325 g/mol. The number of amides is 1. The Labute approximate surface area is 137 Å². The van der Waals surface area contributed by atoms with Crippen molar-refractivity contribution in [2.24, 2.45) is 0 Å². The van der Waals surface area contributed by atoms with Gasteiger partial charge in [-0.05, 0) is 43.5 Å². The van der Waals surface area contributed by atoms with E-state index in [9.17, 15) is 9.90 Å². The molecule has 116 valence electrons. The van der Waals surface area contributed by atoms with Gasteiger partial charge in [-0.3, -0.25) is 4.79 Å². The van der Waals surface area contributed by atoms with Crippen LogP contribution in [0.25, 0.3) is 5.69 Å². The van der Waals surface area contributed by atoms with Crippen LogP contribution < -0.4 is 5.32 Å². The summed E-state index contributed by atoms with van der Waals surface area (Å²) in [6.07, 6.45) is 4.10.